The molecule has 0 aromatic heterocycles. The number of hydrogen-bond donors (Lipinski definition) is 2. The van der Waals surface area contributed by atoms with Gasteiger partial charge in [0.2, 0.25) is 0 Å². The van der Waals surface area contributed by atoms with E-state index in [1.807, 2.05) is 25.1 Å². The molecule has 2 aromatic rings. The smallest absolute Gasteiger partial charge is 0.346 e. The zero-order valence-corrected chi connectivity index (χ0v) is 15.0. The first-order valence-corrected chi connectivity index (χ1v) is 8.52. The van der Waals surface area contributed by atoms with Crippen molar-refractivity contribution in [2.24, 2.45) is 5.10 Å². The van der Waals surface area contributed by atoms with Crippen LogP contribution in [0.5, 0.6) is 5.75 Å². The number of hydrogen-bond acceptors (Lipinski definition) is 4. The van der Waals surface area contributed by atoms with Gasteiger partial charge < -0.3 is 10.4 Å². The Labute approximate surface area is 153 Å². The molecule has 3 rings (SSSR count). The number of nitrogens with one attached hydrogen (secondary N) is 1. The molecule has 1 fully saturated rings. The Bertz CT molecular complexity index is 854. The minimum absolute atomic E-state index is 0.00354. The van der Waals surface area contributed by atoms with Crippen LogP contribution >= 0.6 is 15.9 Å². The average molecular weight is 402 g/mol. The molecule has 0 spiro atoms. The summed E-state index contributed by atoms with van der Waals surface area (Å²) in [5.74, 6) is -0.444. The number of carbonyl (C=O) groups is 2. The summed E-state index contributed by atoms with van der Waals surface area (Å²) in [6.07, 6.45) is 1.68. The molecule has 6 nitrogen and oxygen atoms in total. The van der Waals surface area contributed by atoms with E-state index in [1.54, 1.807) is 24.3 Å². The van der Waals surface area contributed by atoms with Crippen molar-refractivity contribution in [1.29, 1.82) is 0 Å². The van der Waals surface area contributed by atoms with Crippen molar-refractivity contribution < 1.29 is 14.7 Å². The number of aromatic hydroxyl groups is 1. The Balaban J connectivity index is 1.94. The highest BCUT2D eigenvalue weighted by molar-refractivity contribution is 9.10. The van der Waals surface area contributed by atoms with Gasteiger partial charge in [-0.25, -0.2) is 4.79 Å². The predicted molar refractivity (Wildman–Crippen MR) is 97.2 cm³/mol. The molecule has 0 saturated carbocycles. The van der Waals surface area contributed by atoms with Crippen LogP contribution in [0.2, 0.25) is 0 Å². The highest BCUT2D eigenvalue weighted by Gasteiger charge is 2.51. The number of imide groups is 1. The quantitative estimate of drug-likeness (QED) is 0.608. The molecule has 7 heteroatoms. The lowest BCUT2D eigenvalue weighted by atomic mass is 9.87. The predicted octanol–water partition coefficient (Wildman–Crippen LogP) is 3.35. The van der Waals surface area contributed by atoms with Crippen molar-refractivity contribution in [2.75, 3.05) is 0 Å². The van der Waals surface area contributed by atoms with E-state index in [1.165, 1.54) is 12.3 Å². The fourth-order valence-electron chi connectivity index (χ4n) is 2.78. The Morgan fingerprint density at radius 2 is 1.96 bits per heavy atom. The molecule has 128 valence electrons. The summed E-state index contributed by atoms with van der Waals surface area (Å²) in [7, 11) is 0. The molecule has 0 bridgehead atoms. The maximum absolute atomic E-state index is 12.9. The monoisotopic (exact) mass is 401 g/mol. The second-order valence-electron chi connectivity index (χ2n) is 5.62. The number of amides is 3. The highest BCUT2D eigenvalue weighted by atomic mass is 79.9. The molecular weight excluding hydrogens is 386 g/mol. The first-order valence-electron chi connectivity index (χ1n) is 7.72. The van der Waals surface area contributed by atoms with E-state index >= 15 is 0 Å². The average Bonchev–Trinajstić information content (AvgIpc) is 2.87. The van der Waals surface area contributed by atoms with Gasteiger partial charge in [-0.05, 0) is 30.2 Å². The molecule has 0 aliphatic carbocycles. The molecule has 25 heavy (non-hydrogen) atoms. The number of rotatable bonds is 4. The number of nitrogens with zero attached hydrogens (tertiary/aromatic N) is 2. The maximum Gasteiger partial charge on any atom is 0.346 e. The summed E-state index contributed by atoms with van der Waals surface area (Å²) in [5.41, 5.74) is -0.0304. The molecule has 3 amide bonds. The number of halogens is 1. The standard InChI is InChI=1S/C18H16BrN3O3/c1-2-18(13-6-4-3-5-7-13)16(24)22(17(25)21-18)20-11-12-10-14(19)8-9-15(12)23/h3-11,23H,2H2,1H3,(H,21,25)/b20-11+/t18-/m1/s1. The summed E-state index contributed by atoms with van der Waals surface area (Å²) in [6, 6.07) is 13.3. The van der Waals surface area contributed by atoms with E-state index in [2.05, 4.69) is 26.3 Å². The number of carbonyl (C=O) groups excluding carboxylic acids is 2. The zero-order chi connectivity index (χ0) is 18.0. The second kappa shape index (κ2) is 6.68. The van der Waals surface area contributed by atoms with Crippen molar-refractivity contribution in [3.8, 4) is 5.75 Å². The van der Waals surface area contributed by atoms with Gasteiger partial charge in [-0.15, -0.1) is 5.01 Å². The molecular formula is C18H16BrN3O3. The largest absolute Gasteiger partial charge is 0.507 e. The third kappa shape index (κ3) is 3.02. The molecule has 1 aliphatic heterocycles. The van der Waals surface area contributed by atoms with Gasteiger partial charge in [-0.2, -0.15) is 5.10 Å². The summed E-state index contributed by atoms with van der Waals surface area (Å²) in [4.78, 5) is 25.2. The molecule has 0 radical (unpaired) electrons. The van der Waals surface area contributed by atoms with Crippen molar-refractivity contribution >= 4 is 34.1 Å². The van der Waals surface area contributed by atoms with Crippen LogP contribution in [0.3, 0.4) is 0 Å². The summed E-state index contributed by atoms with van der Waals surface area (Å²) in [5, 5.41) is 17.4. The van der Waals surface area contributed by atoms with Crippen LogP contribution < -0.4 is 5.32 Å². The van der Waals surface area contributed by atoms with Crippen LogP contribution in [-0.2, 0) is 10.3 Å². The lowest BCUT2D eigenvalue weighted by molar-refractivity contribution is -0.131. The van der Waals surface area contributed by atoms with Gasteiger partial charge in [-0.1, -0.05) is 53.2 Å². The molecule has 2 aromatic carbocycles. The summed E-state index contributed by atoms with van der Waals surface area (Å²) < 4.78 is 0.746. The summed E-state index contributed by atoms with van der Waals surface area (Å²) in [6.45, 7) is 1.83. The summed E-state index contributed by atoms with van der Waals surface area (Å²) >= 11 is 3.30. The van der Waals surface area contributed by atoms with E-state index in [-0.39, 0.29) is 5.75 Å². The van der Waals surface area contributed by atoms with Gasteiger partial charge >= 0.3 is 6.03 Å². The van der Waals surface area contributed by atoms with Gasteiger partial charge in [0.15, 0.2) is 0 Å². The topological polar surface area (TPSA) is 82.0 Å². The van der Waals surface area contributed by atoms with Crippen molar-refractivity contribution in [3.63, 3.8) is 0 Å². The van der Waals surface area contributed by atoms with Crippen LogP contribution in [0.1, 0.15) is 24.5 Å². The Morgan fingerprint density at radius 1 is 1.24 bits per heavy atom. The van der Waals surface area contributed by atoms with Crippen molar-refractivity contribution in [3.05, 3.63) is 64.1 Å². The fourth-order valence-corrected chi connectivity index (χ4v) is 3.16. The van der Waals surface area contributed by atoms with Gasteiger partial charge in [0, 0.05) is 10.0 Å². The highest BCUT2D eigenvalue weighted by Crippen LogP contribution is 2.32. The van der Waals surface area contributed by atoms with Gasteiger partial charge in [-0.3, -0.25) is 4.79 Å². The third-order valence-electron chi connectivity index (χ3n) is 4.17. The zero-order valence-electron chi connectivity index (χ0n) is 13.4. The lowest BCUT2D eigenvalue weighted by Crippen LogP contribution is -2.43. The number of phenolic OH excluding ortho intramolecular Hbond substituents is 1. The van der Waals surface area contributed by atoms with Crippen LogP contribution in [-0.4, -0.2) is 28.3 Å². The van der Waals surface area contributed by atoms with Gasteiger partial charge in [0.05, 0.1) is 6.21 Å². The molecule has 0 unspecified atom stereocenters. The van der Waals surface area contributed by atoms with E-state index in [0.29, 0.717) is 17.5 Å². The van der Waals surface area contributed by atoms with Crippen LogP contribution in [0.4, 0.5) is 4.79 Å². The molecule has 2 N–H and O–H groups in total. The van der Waals surface area contributed by atoms with Crippen LogP contribution in [0, 0.1) is 0 Å². The fraction of sp³-hybridized carbons (Fsp3) is 0.167. The van der Waals surface area contributed by atoms with E-state index < -0.39 is 17.5 Å². The Morgan fingerprint density at radius 3 is 2.64 bits per heavy atom. The molecule has 1 atom stereocenters. The first kappa shape index (κ1) is 17.2. The Kier molecular flexibility index (Phi) is 4.59. The lowest BCUT2D eigenvalue weighted by Gasteiger charge is -2.24. The van der Waals surface area contributed by atoms with Crippen LogP contribution in [0.15, 0.2) is 58.1 Å². The van der Waals surface area contributed by atoms with E-state index in [4.69, 9.17) is 0 Å². The first-order chi connectivity index (χ1) is 12.0. The minimum atomic E-state index is -1.13. The molecule has 1 saturated heterocycles. The number of hydrazone groups is 1. The van der Waals surface area contributed by atoms with Crippen LogP contribution in [0.25, 0.3) is 0 Å². The van der Waals surface area contributed by atoms with Crippen molar-refractivity contribution in [1.82, 2.24) is 10.3 Å². The van der Waals surface area contributed by atoms with Crippen molar-refractivity contribution in [2.45, 2.75) is 18.9 Å². The maximum atomic E-state index is 12.9. The number of phenols is 1. The van der Waals surface area contributed by atoms with E-state index in [9.17, 15) is 14.7 Å². The molecule has 1 aliphatic rings. The van der Waals surface area contributed by atoms with E-state index in [0.717, 1.165) is 9.48 Å². The second-order valence-corrected chi connectivity index (χ2v) is 6.54. The van der Waals surface area contributed by atoms with Gasteiger partial charge in [0.25, 0.3) is 5.91 Å². The number of benzene rings is 2. The Hall–Kier alpha value is -2.67. The van der Waals surface area contributed by atoms with Gasteiger partial charge in [0.1, 0.15) is 11.3 Å². The molecule has 1 heterocycles. The normalized spacial score (nSPS) is 20.3. The SMILES string of the molecule is CC[C@]1(c2ccccc2)NC(=O)N(/N=C/c2cc(Br)ccc2O)C1=O. The number of urea groups is 1. The third-order valence-corrected chi connectivity index (χ3v) is 4.66. The minimum Gasteiger partial charge on any atom is -0.507 e.